The Morgan fingerprint density at radius 1 is 1.40 bits per heavy atom. The highest BCUT2D eigenvalue weighted by molar-refractivity contribution is 7.11. The van der Waals surface area contributed by atoms with Crippen LogP contribution in [0.3, 0.4) is 0 Å². The second-order valence-electron chi connectivity index (χ2n) is 4.21. The first-order valence-electron chi connectivity index (χ1n) is 5.41. The van der Waals surface area contributed by atoms with E-state index in [1.54, 1.807) is 11.3 Å². The molecule has 3 N–H and O–H groups in total. The normalized spacial score (nSPS) is 13.5. The van der Waals surface area contributed by atoms with Crippen molar-refractivity contribution in [2.24, 2.45) is 11.7 Å². The number of hydrogen-bond donors (Lipinski definition) is 2. The highest BCUT2D eigenvalue weighted by atomic mass is 32.1. The molecule has 1 heterocycles. The van der Waals surface area contributed by atoms with E-state index in [2.05, 4.69) is 31.1 Å². The van der Waals surface area contributed by atoms with Crippen molar-refractivity contribution in [1.82, 2.24) is 10.3 Å². The Morgan fingerprint density at radius 3 is 2.47 bits per heavy atom. The van der Waals surface area contributed by atoms with Gasteiger partial charge in [-0.3, -0.25) is 0 Å². The molecular weight excluding hydrogens is 206 g/mol. The highest BCUT2D eigenvalue weighted by Gasteiger charge is 2.12. The molecule has 1 aromatic heterocycles. The summed E-state index contributed by atoms with van der Waals surface area (Å²) in [5.41, 5.74) is 6.85. The largest absolute Gasteiger partial charge is 0.329 e. The van der Waals surface area contributed by atoms with E-state index in [9.17, 15) is 0 Å². The summed E-state index contributed by atoms with van der Waals surface area (Å²) < 4.78 is 0. The molecular formula is C11H21N3S. The zero-order chi connectivity index (χ0) is 11.4. The van der Waals surface area contributed by atoms with Gasteiger partial charge in [0.2, 0.25) is 0 Å². The molecule has 86 valence electrons. The summed E-state index contributed by atoms with van der Waals surface area (Å²) in [5, 5.41) is 4.62. The fourth-order valence-corrected chi connectivity index (χ4v) is 2.44. The van der Waals surface area contributed by atoms with Crippen molar-refractivity contribution >= 4 is 11.3 Å². The van der Waals surface area contributed by atoms with Gasteiger partial charge < -0.3 is 11.1 Å². The topological polar surface area (TPSA) is 50.9 Å². The zero-order valence-corrected chi connectivity index (χ0v) is 10.8. The first-order valence-corrected chi connectivity index (χ1v) is 6.22. The van der Waals surface area contributed by atoms with Crippen LogP contribution in [0.25, 0.3) is 0 Å². The van der Waals surface area contributed by atoms with Gasteiger partial charge in [0.15, 0.2) is 0 Å². The number of aryl methyl sites for hydroxylation is 2. The van der Waals surface area contributed by atoms with Gasteiger partial charge in [0, 0.05) is 24.0 Å². The summed E-state index contributed by atoms with van der Waals surface area (Å²) in [6.07, 6.45) is 0. The van der Waals surface area contributed by atoms with E-state index >= 15 is 0 Å². The van der Waals surface area contributed by atoms with Gasteiger partial charge in [0.05, 0.1) is 10.7 Å². The van der Waals surface area contributed by atoms with Gasteiger partial charge in [-0.05, 0) is 19.8 Å². The average molecular weight is 227 g/mol. The minimum absolute atomic E-state index is 0.395. The summed E-state index contributed by atoms with van der Waals surface area (Å²) in [6, 6.07) is 0.395. The second kappa shape index (κ2) is 5.58. The molecule has 0 bridgehead atoms. The number of nitrogens with one attached hydrogen (secondary N) is 1. The maximum Gasteiger partial charge on any atom is 0.0900 e. The molecule has 0 aliphatic rings. The van der Waals surface area contributed by atoms with Crippen molar-refractivity contribution in [2.75, 3.05) is 6.54 Å². The molecule has 0 saturated carbocycles. The number of hydrogen-bond acceptors (Lipinski definition) is 4. The van der Waals surface area contributed by atoms with E-state index in [1.807, 2.05) is 6.92 Å². The van der Waals surface area contributed by atoms with Gasteiger partial charge in [-0.2, -0.15) is 0 Å². The van der Waals surface area contributed by atoms with Crippen molar-refractivity contribution in [3.8, 4) is 0 Å². The predicted molar refractivity (Wildman–Crippen MR) is 66.1 cm³/mol. The van der Waals surface area contributed by atoms with E-state index in [4.69, 9.17) is 5.73 Å². The van der Waals surface area contributed by atoms with Gasteiger partial charge in [-0.1, -0.05) is 13.8 Å². The average Bonchev–Trinajstić information content (AvgIpc) is 2.45. The smallest absolute Gasteiger partial charge is 0.0900 e. The van der Waals surface area contributed by atoms with E-state index in [-0.39, 0.29) is 0 Å². The molecule has 0 fully saturated rings. The lowest BCUT2D eigenvalue weighted by Gasteiger charge is -2.20. The molecule has 3 nitrogen and oxygen atoms in total. The predicted octanol–water partition coefficient (Wildman–Crippen LogP) is 1.83. The molecule has 0 aliphatic heterocycles. The van der Waals surface area contributed by atoms with E-state index in [0.717, 1.165) is 17.2 Å². The van der Waals surface area contributed by atoms with Crippen LogP contribution in [0.15, 0.2) is 0 Å². The van der Waals surface area contributed by atoms with Crippen LogP contribution < -0.4 is 11.1 Å². The molecule has 1 unspecified atom stereocenters. The third-order valence-corrected chi connectivity index (χ3v) is 3.66. The van der Waals surface area contributed by atoms with Crippen molar-refractivity contribution in [3.63, 3.8) is 0 Å². The SMILES string of the molecule is Cc1nc(C)c(CNC(CN)C(C)C)s1. The maximum absolute atomic E-state index is 5.71. The summed E-state index contributed by atoms with van der Waals surface area (Å²) in [7, 11) is 0. The Hall–Kier alpha value is -0.450. The van der Waals surface area contributed by atoms with E-state index < -0.39 is 0 Å². The molecule has 1 aromatic rings. The van der Waals surface area contributed by atoms with Gasteiger partial charge >= 0.3 is 0 Å². The minimum Gasteiger partial charge on any atom is -0.329 e. The molecule has 0 spiro atoms. The Kier molecular flexibility index (Phi) is 4.70. The van der Waals surface area contributed by atoms with Gasteiger partial charge in [0.1, 0.15) is 0 Å². The molecule has 15 heavy (non-hydrogen) atoms. The molecule has 0 saturated heterocycles. The molecule has 0 amide bonds. The van der Waals surface area contributed by atoms with Crippen LogP contribution in [-0.4, -0.2) is 17.6 Å². The number of nitrogens with zero attached hydrogens (tertiary/aromatic N) is 1. The standard InChI is InChI=1S/C11H21N3S/c1-7(2)10(5-12)13-6-11-8(3)14-9(4)15-11/h7,10,13H,5-6,12H2,1-4H3. The lowest BCUT2D eigenvalue weighted by atomic mass is 10.0. The van der Waals surface area contributed by atoms with Gasteiger partial charge in [-0.15, -0.1) is 11.3 Å². The number of nitrogens with two attached hydrogens (primary N) is 1. The number of thiazole rings is 1. The summed E-state index contributed by atoms with van der Waals surface area (Å²) in [5.74, 6) is 0.573. The molecule has 0 aromatic carbocycles. The molecule has 0 aliphatic carbocycles. The lowest BCUT2D eigenvalue weighted by Crippen LogP contribution is -2.39. The van der Waals surface area contributed by atoms with Gasteiger partial charge in [-0.25, -0.2) is 4.98 Å². The third kappa shape index (κ3) is 3.55. The molecule has 4 heteroatoms. The van der Waals surface area contributed by atoms with Crippen molar-refractivity contribution < 1.29 is 0 Å². The fourth-order valence-electron chi connectivity index (χ4n) is 1.55. The second-order valence-corrected chi connectivity index (χ2v) is 5.50. The third-order valence-electron chi connectivity index (χ3n) is 2.58. The maximum atomic E-state index is 5.71. The Labute approximate surface area is 96.1 Å². The van der Waals surface area contributed by atoms with Crippen molar-refractivity contribution in [2.45, 2.75) is 40.3 Å². The zero-order valence-electron chi connectivity index (χ0n) is 10.0. The van der Waals surface area contributed by atoms with Gasteiger partial charge in [0.25, 0.3) is 0 Å². The Bertz CT molecular complexity index is 307. The Balaban J connectivity index is 2.52. The Morgan fingerprint density at radius 2 is 2.07 bits per heavy atom. The van der Waals surface area contributed by atoms with Crippen LogP contribution in [0, 0.1) is 19.8 Å². The monoisotopic (exact) mass is 227 g/mol. The molecule has 1 rings (SSSR count). The lowest BCUT2D eigenvalue weighted by molar-refractivity contribution is 0.406. The fraction of sp³-hybridized carbons (Fsp3) is 0.727. The summed E-state index contributed by atoms with van der Waals surface area (Å²) >= 11 is 1.76. The van der Waals surface area contributed by atoms with Crippen LogP contribution in [0.4, 0.5) is 0 Å². The summed E-state index contributed by atoms with van der Waals surface area (Å²) in [6.45, 7) is 10.1. The van der Waals surface area contributed by atoms with Crippen LogP contribution in [0.1, 0.15) is 29.4 Å². The van der Waals surface area contributed by atoms with E-state index in [1.165, 1.54) is 4.88 Å². The quantitative estimate of drug-likeness (QED) is 0.807. The first kappa shape index (κ1) is 12.6. The summed E-state index contributed by atoms with van der Waals surface area (Å²) in [4.78, 5) is 5.73. The highest BCUT2D eigenvalue weighted by Crippen LogP contribution is 2.17. The van der Waals surface area contributed by atoms with Crippen LogP contribution in [0.5, 0.6) is 0 Å². The van der Waals surface area contributed by atoms with Crippen LogP contribution >= 0.6 is 11.3 Å². The number of rotatable bonds is 5. The molecule has 0 radical (unpaired) electrons. The molecule has 1 atom stereocenters. The first-order chi connectivity index (χ1) is 7.04. The minimum atomic E-state index is 0.395. The van der Waals surface area contributed by atoms with Crippen LogP contribution in [-0.2, 0) is 6.54 Å². The van der Waals surface area contributed by atoms with Crippen molar-refractivity contribution in [3.05, 3.63) is 15.6 Å². The van der Waals surface area contributed by atoms with E-state index in [0.29, 0.717) is 18.5 Å². The van der Waals surface area contributed by atoms with Crippen molar-refractivity contribution in [1.29, 1.82) is 0 Å². The van der Waals surface area contributed by atoms with Crippen LogP contribution in [0.2, 0.25) is 0 Å². The number of aromatic nitrogens is 1.